The van der Waals surface area contributed by atoms with E-state index in [9.17, 15) is 9.59 Å². The largest absolute Gasteiger partial charge is 0.481 e. The molecule has 1 aliphatic carbocycles. The van der Waals surface area contributed by atoms with Crippen LogP contribution in [0.5, 0.6) is 0 Å². The van der Waals surface area contributed by atoms with E-state index in [1.165, 1.54) is 11.1 Å². The standard InChI is InChI=1S/C15H19NO3/c1-15(2,14(18)19)9-16-13(17)12-7-10-5-3-4-6-11(10)8-12/h3-6,12H,7-9H2,1-2H3,(H,16,17)(H,18,19). The molecule has 1 aromatic carbocycles. The molecule has 0 aromatic heterocycles. The Hall–Kier alpha value is -1.84. The van der Waals surface area contributed by atoms with E-state index in [1.54, 1.807) is 13.8 Å². The van der Waals surface area contributed by atoms with Crippen LogP contribution in [0, 0.1) is 11.3 Å². The highest BCUT2D eigenvalue weighted by molar-refractivity contribution is 5.81. The first-order valence-electron chi connectivity index (χ1n) is 6.48. The zero-order valence-corrected chi connectivity index (χ0v) is 11.3. The summed E-state index contributed by atoms with van der Waals surface area (Å²) in [5, 5.41) is 11.8. The Morgan fingerprint density at radius 2 is 1.79 bits per heavy atom. The van der Waals surface area contributed by atoms with E-state index < -0.39 is 11.4 Å². The first kappa shape index (κ1) is 13.6. The average Bonchev–Trinajstić information content (AvgIpc) is 2.79. The molecule has 4 heteroatoms. The van der Waals surface area contributed by atoms with Gasteiger partial charge >= 0.3 is 5.97 Å². The lowest BCUT2D eigenvalue weighted by Gasteiger charge is -2.20. The second-order valence-corrected chi connectivity index (χ2v) is 5.78. The van der Waals surface area contributed by atoms with Gasteiger partial charge < -0.3 is 10.4 Å². The van der Waals surface area contributed by atoms with E-state index in [2.05, 4.69) is 5.32 Å². The van der Waals surface area contributed by atoms with Gasteiger partial charge in [0.15, 0.2) is 0 Å². The number of carboxylic acids is 1. The molecular weight excluding hydrogens is 242 g/mol. The van der Waals surface area contributed by atoms with Gasteiger partial charge in [0.25, 0.3) is 0 Å². The monoisotopic (exact) mass is 261 g/mol. The highest BCUT2D eigenvalue weighted by atomic mass is 16.4. The van der Waals surface area contributed by atoms with Crippen LogP contribution >= 0.6 is 0 Å². The van der Waals surface area contributed by atoms with E-state index in [1.807, 2.05) is 24.3 Å². The van der Waals surface area contributed by atoms with Crippen LogP contribution in [0.3, 0.4) is 0 Å². The number of carboxylic acid groups (broad SMARTS) is 1. The topological polar surface area (TPSA) is 66.4 Å². The van der Waals surface area contributed by atoms with Gasteiger partial charge in [-0.15, -0.1) is 0 Å². The number of amides is 1. The lowest BCUT2D eigenvalue weighted by Crippen LogP contribution is -2.41. The van der Waals surface area contributed by atoms with Gasteiger partial charge in [-0.3, -0.25) is 9.59 Å². The van der Waals surface area contributed by atoms with Crippen molar-refractivity contribution in [1.82, 2.24) is 5.32 Å². The third-order valence-electron chi connectivity index (χ3n) is 3.71. The minimum absolute atomic E-state index is 0.0504. The first-order chi connectivity index (χ1) is 8.90. The summed E-state index contributed by atoms with van der Waals surface area (Å²) in [5.74, 6) is -1.02. The van der Waals surface area contributed by atoms with Gasteiger partial charge in [0.05, 0.1) is 5.41 Å². The van der Waals surface area contributed by atoms with Gasteiger partial charge in [-0.05, 0) is 37.8 Å². The van der Waals surface area contributed by atoms with Crippen LogP contribution < -0.4 is 5.32 Å². The van der Waals surface area contributed by atoms with E-state index in [0.717, 1.165) is 12.8 Å². The number of aliphatic carboxylic acids is 1. The molecule has 2 rings (SSSR count). The second-order valence-electron chi connectivity index (χ2n) is 5.78. The Labute approximate surface area is 112 Å². The summed E-state index contributed by atoms with van der Waals surface area (Å²) in [5.41, 5.74) is 1.52. The molecule has 0 spiro atoms. The molecule has 0 aliphatic heterocycles. The molecule has 1 aliphatic rings. The van der Waals surface area contributed by atoms with Gasteiger partial charge in [-0.2, -0.15) is 0 Å². The van der Waals surface area contributed by atoms with Gasteiger partial charge in [0, 0.05) is 12.5 Å². The molecule has 4 nitrogen and oxygen atoms in total. The van der Waals surface area contributed by atoms with Crippen molar-refractivity contribution in [2.24, 2.45) is 11.3 Å². The molecule has 2 N–H and O–H groups in total. The van der Waals surface area contributed by atoms with Crippen LogP contribution in [0.25, 0.3) is 0 Å². The van der Waals surface area contributed by atoms with Gasteiger partial charge in [0.2, 0.25) is 5.91 Å². The molecule has 0 atom stereocenters. The van der Waals surface area contributed by atoms with E-state index in [4.69, 9.17) is 5.11 Å². The number of benzene rings is 1. The molecule has 1 aromatic rings. The maximum atomic E-state index is 12.1. The molecule has 0 bridgehead atoms. The number of hydrogen-bond acceptors (Lipinski definition) is 2. The smallest absolute Gasteiger partial charge is 0.310 e. The number of carbonyl (C=O) groups is 2. The summed E-state index contributed by atoms with van der Waals surface area (Å²) in [6, 6.07) is 8.05. The SMILES string of the molecule is CC(C)(CNC(=O)C1Cc2ccccc2C1)C(=O)O. The molecular formula is C15H19NO3. The fourth-order valence-corrected chi connectivity index (χ4v) is 2.27. The van der Waals surface area contributed by atoms with E-state index in [0.29, 0.717) is 0 Å². The molecule has 0 saturated heterocycles. The van der Waals surface area contributed by atoms with Crippen molar-refractivity contribution >= 4 is 11.9 Å². The first-order valence-corrected chi connectivity index (χ1v) is 6.48. The van der Waals surface area contributed by atoms with Crippen LogP contribution in [0.4, 0.5) is 0 Å². The Bertz CT molecular complexity index is 483. The Kier molecular flexibility index (Phi) is 3.60. The molecule has 0 radical (unpaired) electrons. The lowest BCUT2D eigenvalue weighted by atomic mass is 9.93. The number of hydrogen-bond donors (Lipinski definition) is 2. The third kappa shape index (κ3) is 2.95. The van der Waals surface area contributed by atoms with Gasteiger partial charge in [0.1, 0.15) is 0 Å². The number of fused-ring (bicyclic) bond motifs is 1. The normalized spacial score (nSPS) is 15.1. The van der Waals surface area contributed by atoms with Crippen LogP contribution in [-0.2, 0) is 22.4 Å². The molecule has 0 unspecified atom stereocenters. The summed E-state index contributed by atoms with van der Waals surface area (Å²) in [4.78, 5) is 23.1. The second kappa shape index (κ2) is 5.03. The molecule has 0 saturated carbocycles. The summed E-state index contributed by atoms with van der Waals surface area (Å²) >= 11 is 0. The quantitative estimate of drug-likeness (QED) is 0.865. The summed E-state index contributed by atoms with van der Waals surface area (Å²) in [6.07, 6.45) is 1.49. The van der Waals surface area contributed by atoms with Crippen LogP contribution in [-0.4, -0.2) is 23.5 Å². The van der Waals surface area contributed by atoms with Crippen molar-refractivity contribution in [3.8, 4) is 0 Å². The summed E-state index contributed by atoms with van der Waals surface area (Å²) < 4.78 is 0. The highest BCUT2D eigenvalue weighted by Gasteiger charge is 2.31. The zero-order valence-electron chi connectivity index (χ0n) is 11.3. The van der Waals surface area contributed by atoms with Gasteiger partial charge in [-0.25, -0.2) is 0 Å². The van der Waals surface area contributed by atoms with Crippen LogP contribution in [0.1, 0.15) is 25.0 Å². The maximum Gasteiger partial charge on any atom is 0.310 e. The minimum Gasteiger partial charge on any atom is -0.481 e. The summed E-state index contributed by atoms with van der Waals surface area (Å²) in [7, 11) is 0. The van der Waals surface area contributed by atoms with Crippen molar-refractivity contribution in [3.63, 3.8) is 0 Å². The summed E-state index contributed by atoms with van der Waals surface area (Å²) in [6.45, 7) is 3.38. The molecule has 102 valence electrons. The predicted octanol–water partition coefficient (Wildman–Crippen LogP) is 1.63. The molecule has 0 fully saturated rings. The Morgan fingerprint density at radius 1 is 1.26 bits per heavy atom. The fourth-order valence-electron chi connectivity index (χ4n) is 2.27. The predicted molar refractivity (Wildman–Crippen MR) is 71.8 cm³/mol. The number of nitrogens with one attached hydrogen (secondary N) is 1. The maximum absolute atomic E-state index is 12.1. The Balaban J connectivity index is 1.92. The zero-order chi connectivity index (χ0) is 14.0. The molecule has 19 heavy (non-hydrogen) atoms. The molecule has 1 amide bonds. The van der Waals surface area contributed by atoms with Crippen molar-refractivity contribution in [2.45, 2.75) is 26.7 Å². The van der Waals surface area contributed by atoms with Crippen LogP contribution in [0.15, 0.2) is 24.3 Å². The molecule has 0 heterocycles. The number of carbonyl (C=O) groups excluding carboxylic acids is 1. The van der Waals surface area contributed by atoms with E-state index >= 15 is 0 Å². The Morgan fingerprint density at radius 3 is 2.26 bits per heavy atom. The highest BCUT2D eigenvalue weighted by Crippen LogP contribution is 2.26. The van der Waals surface area contributed by atoms with Crippen molar-refractivity contribution in [1.29, 1.82) is 0 Å². The van der Waals surface area contributed by atoms with E-state index in [-0.39, 0.29) is 18.4 Å². The minimum atomic E-state index is -0.929. The third-order valence-corrected chi connectivity index (χ3v) is 3.71. The average molecular weight is 261 g/mol. The van der Waals surface area contributed by atoms with Gasteiger partial charge in [-0.1, -0.05) is 24.3 Å². The number of rotatable bonds is 4. The fraction of sp³-hybridized carbons (Fsp3) is 0.467. The van der Waals surface area contributed by atoms with Crippen LogP contribution in [0.2, 0.25) is 0 Å². The lowest BCUT2D eigenvalue weighted by molar-refractivity contribution is -0.146. The van der Waals surface area contributed by atoms with Crippen molar-refractivity contribution in [2.75, 3.05) is 6.54 Å². The van der Waals surface area contributed by atoms with Crippen molar-refractivity contribution < 1.29 is 14.7 Å². The van der Waals surface area contributed by atoms with Crippen molar-refractivity contribution in [3.05, 3.63) is 35.4 Å².